The molecule has 0 saturated carbocycles. The highest BCUT2D eigenvalue weighted by Crippen LogP contribution is 2.20. The molecule has 0 saturated heterocycles. The molecular formula is C12H17BO2. The van der Waals surface area contributed by atoms with Crippen molar-refractivity contribution in [2.24, 2.45) is 0 Å². The number of carbonyl (C=O) groups excluding carboxylic acids is 1. The van der Waals surface area contributed by atoms with Gasteiger partial charge in [-0.25, -0.2) is 0 Å². The van der Waals surface area contributed by atoms with Gasteiger partial charge in [0, 0.05) is 0 Å². The Labute approximate surface area is 92.0 Å². The third kappa shape index (κ3) is 3.12. The summed E-state index contributed by atoms with van der Waals surface area (Å²) in [5.41, 5.74) is 2.25. The predicted octanol–water partition coefficient (Wildman–Crippen LogP) is 1.00. The van der Waals surface area contributed by atoms with Gasteiger partial charge in [-0.2, -0.15) is 0 Å². The van der Waals surface area contributed by atoms with Crippen LogP contribution in [0.25, 0.3) is 0 Å². The molecule has 0 aromatic heterocycles. The molecule has 0 fully saturated rings. The molecule has 1 unspecified atom stereocenters. The minimum Gasteiger partial charge on any atom is -0.466 e. The van der Waals surface area contributed by atoms with Crippen LogP contribution in [0.1, 0.15) is 31.7 Å². The van der Waals surface area contributed by atoms with E-state index in [9.17, 15) is 4.79 Å². The maximum atomic E-state index is 11.6. The van der Waals surface area contributed by atoms with Crippen molar-refractivity contribution >= 4 is 19.3 Å². The standard InChI is InChI=1S/C12H17BO2/c1-3-11(12(14)15-4-2)9-5-7-10(13)8-6-9/h5-8,11H,3-4,13H2,1-2H3. The smallest absolute Gasteiger partial charge is 0.313 e. The Morgan fingerprint density at radius 1 is 1.33 bits per heavy atom. The van der Waals surface area contributed by atoms with Crippen LogP contribution in [-0.2, 0) is 9.53 Å². The first kappa shape index (κ1) is 11.8. The molecule has 1 aromatic rings. The molecule has 3 heteroatoms. The van der Waals surface area contributed by atoms with Crippen LogP contribution in [0, 0.1) is 0 Å². The predicted molar refractivity (Wildman–Crippen MR) is 64.3 cm³/mol. The van der Waals surface area contributed by atoms with Crippen LogP contribution in [-0.4, -0.2) is 20.4 Å². The van der Waals surface area contributed by atoms with Gasteiger partial charge in [0.1, 0.15) is 7.85 Å². The molecule has 80 valence electrons. The zero-order valence-corrected chi connectivity index (χ0v) is 9.62. The van der Waals surface area contributed by atoms with Crippen molar-refractivity contribution in [3.8, 4) is 0 Å². The number of esters is 1. The van der Waals surface area contributed by atoms with Gasteiger partial charge in [0.25, 0.3) is 0 Å². The molecule has 0 bridgehead atoms. The van der Waals surface area contributed by atoms with Gasteiger partial charge in [-0.15, -0.1) is 0 Å². The van der Waals surface area contributed by atoms with E-state index in [1.165, 1.54) is 5.46 Å². The van der Waals surface area contributed by atoms with Crippen molar-refractivity contribution < 1.29 is 9.53 Å². The minimum atomic E-state index is -0.121. The Balaban J connectivity index is 2.82. The van der Waals surface area contributed by atoms with Crippen molar-refractivity contribution in [2.45, 2.75) is 26.2 Å². The third-order valence-corrected chi connectivity index (χ3v) is 2.46. The van der Waals surface area contributed by atoms with Crippen LogP contribution in [0.3, 0.4) is 0 Å². The van der Waals surface area contributed by atoms with E-state index in [1.54, 1.807) is 0 Å². The second kappa shape index (κ2) is 5.59. The zero-order chi connectivity index (χ0) is 11.3. The van der Waals surface area contributed by atoms with E-state index >= 15 is 0 Å². The van der Waals surface area contributed by atoms with Gasteiger partial charge >= 0.3 is 5.97 Å². The highest BCUT2D eigenvalue weighted by molar-refractivity contribution is 6.32. The van der Waals surface area contributed by atoms with Gasteiger partial charge in [0.2, 0.25) is 0 Å². The van der Waals surface area contributed by atoms with Gasteiger partial charge in [0.15, 0.2) is 0 Å². The lowest BCUT2D eigenvalue weighted by atomic mass is 9.90. The zero-order valence-electron chi connectivity index (χ0n) is 9.62. The molecule has 0 spiro atoms. The number of ether oxygens (including phenoxy) is 1. The molecular weight excluding hydrogens is 187 g/mol. The van der Waals surface area contributed by atoms with E-state index in [2.05, 4.69) is 0 Å². The van der Waals surface area contributed by atoms with E-state index < -0.39 is 0 Å². The Kier molecular flexibility index (Phi) is 4.41. The summed E-state index contributed by atoms with van der Waals surface area (Å²) in [5.74, 6) is -0.241. The van der Waals surface area contributed by atoms with Gasteiger partial charge in [-0.1, -0.05) is 36.7 Å². The molecule has 2 nitrogen and oxygen atoms in total. The second-order valence-corrected chi connectivity index (χ2v) is 3.62. The summed E-state index contributed by atoms with van der Waals surface area (Å²) < 4.78 is 5.04. The van der Waals surface area contributed by atoms with E-state index in [4.69, 9.17) is 4.74 Å². The number of hydrogen-bond donors (Lipinski definition) is 0. The summed E-state index contributed by atoms with van der Waals surface area (Å²) in [5, 5.41) is 0. The molecule has 0 aliphatic carbocycles. The normalized spacial score (nSPS) is 12.1. The second-order valence-electron chi connectivity index (χ2n) is 3.62. The van der Waals surface area contributed by atoms with Gasteiger partial charge < -0.3 is 4.74 Å². The fourth-order valence-electron chi connectivity index (χ4n) is 1.58. The van der Waals surface area contributed by atoms with E-state index in [1.807, 2.05) is 46.0 Å². The lowest BCUT2D eigenvalue weighted by molar-refractivity contribution is -0.145. The summed E-state index contributed by atoms with van der Waals surface area (Å²) >= 11 is 0. The number of benzene rings is 1. The lowest BCUT2D eigenvalue weighted by Crippen LogP contribution is -2.16. The highest BCUT2D eigenvalue weighted by atomic mass is 16.5. The minimum absolute atomic E-state index is 0.120. The van der Waals surface area contributed by atoms with Crippen molar-refractivity contribution in [1.82, 2.24) is 0 Å². The Morgan fingerprint density at radius 3 is 2.40 bits per heavy atom. The average Bonchev–Trinajstić information content (AvgIpc) is 2.22. The molecule has 1 rings (SSSR count). The van der Waals surface area contributed by atoms with Gasteiger partial charge in [-0.3, -0.25) is 4.79 Å². The topological polar surface area (TPSA) is 26.3 Å². The summed E-state index contributed by atoms with van der Waals surface area (Å²) in [4.78, 5) is 11.6. The summed E-state index contributed by atoms with van der Waals surface area (Å²) in [7, 11) is 2.04. The molecule has 1 atom stereocenters. The van der Waals surface area contributed by atoms with Crippen molar-refractivity contribution in [3.05, 3.63) is 29.8 Å². The Morgan fingerprint density at radius 2 is 1.93 bits per heavy atom. The third-order valence-electron chi connectivity index (χ3n) is 2.46. The van der Waals surface area contributed by atoms with Crippen LogP contribution in [0.15, 0.2) is 24.3 Å². The Hall–Kier alpha value is -1.25. The molecule has 15 heavy (non-hydrogen) atoms. The molecule has 0 aliphatic rings. The van der Waals surface area contributed by atoms with Crippen molar-refractivity contribution in [1.29, 1.82) is 0 Å². The van der Waals surface area contributed by atoms with Crippen molar-refractivity contribution in [2.75, 3.05) is 6.61 Å². The summed E-state index contributed by atoms with van der Waals surface area (Å²) in [6.07, 6.45) is 0.780. The first-order chi connectivity index (χ1) is 7.19. The van der Waals surface area contributed by atoms with Crippen LogP contribution < -0.4 is 5.46 Å². The first-order valence-electron chi connectivity index (χ1n) is 5.42. The summed E-state index contributed by atoms with van der Waals surface area (Å²) in [6.45, 7) is 4.28. The number of carbonyl (C=O) groups is 1. The van der Waals surface area contributed by atoms with Crippen molar-refractivity contribution in [3.63, 3.8) is 0 Å². The SMILES string of the molecule is Bc1ccc(C(CC)C(=O)OCC)cc1. The highest BCUT2D eigenvalue weighted by Gasteiger charge is 2.19. The molecule has 0 heterocycles. The number of hydrogen-bond acceptors (Lipinski definition) is 2. The van der Waals surface area contributed by atoms with E-state index in [0.717, 1.165) is 12.0 Å². The Bertz CT molecular complexity index is 319. The molecule has 0 radical (unpaired) electrons. The molecule has 1 aromatic carbocycles. The van der Waals surface area contributed by atoms with E-state index in [0.29, 0.717) is 6.61 Å². The first-order valence-corrected chi connectivity index (χ1v) is 5.42. The van der Waals surface area contributed by atoms with Crippen LogP contribution in [0.2, 0.25) is 0 Å². The molecule has 0 amide bonds. The largest absolute Gasteiger partial charge is 0.466 e. The quantitative estimate of drug-likeness (QED) is 0.540. The van der Waals surface area contributed by atoms with Gasteiger partial charge in [0.05, 0.1) is 12.5 Å². The van der Waals surface area contributed by atoms with E-state index in [-0.39, 0.29) is 11.9 Å². The average molecular weight is 204 g/mol. The summed E-state index contributed by atoms with van der Waals surface area (Å²) in [6, 6.07) is 8.05. The fourth-order valence-corrected chi connectivity index (χ4v) is 1.58. The lowest BCUT2D eigenvalue weighted by Gasteiger charge is -2.13. The fraction of sp³-hybridized carbons (Fsp3) is 0.417. The number of rotatable bonds is 4. The monoisotopic (exact) mass is 204 g/mol. The van der Waals surface area contributed by atoms with Crippen LogP contribution in [0.5, 0.6) is 0 Å². The maximum absolute atomic E-state index is 11.6. The van der Waals surface area contributed by atoms with Gasteiger partial charge in [-0.05, 0) is 18.9 Å². The molecule has 0 aliphatic heterocycles. The van der Waals surface area contributed by atoms with Crippen LogP contribution >= 0.6 is 0 Å². The maximum Gasteiger partial charge on any atom is 0.313 e. The molecule has 0 N–H and O–H groups in total. The van der Waals surface area contributed by atoms with Crippen LogP contribution in [0.4, 0.5) is 0 Å².